The zero-order valence-corrected chi connectivity index (χ0v) is 11.0. The monoisotopic (exact) mass is 221 g/mol. The van der Waals surface area contributed by atoms with Gasteiger partial charge in [0.2, 0.25) is 0 Å². The van der Waals surface area contributed by atoms with Gasteiger partial charge in [0.15, 0.2) is 0 Å². The van der Waals surface area contributed by atoms with Crippen molar-refractivity contribution in [3.8, 4) is 5.75 Å². The van der Waals surface area contributed by atoms with E-state index in [0.29, 0.717) is 11.7 Å². The summed E-state index contributed by atoms with van der Waals surface area (Å²) in [5.74, 6) is 0.778. The van der Waals surface area contributed by atoms with E-state index >= 15 is 0 Å². The number of hydrogen-bond acceptors (Lipinski definition) is 2. The Kier molecular flexibility index (Phi) is 3.98. The number of likely N-dealkylation sites (N-methyl/N-ethyl adjacent to an activating group) is 1. The molecule has 90 valence electrons. The molecule has 1 unspecified atom stereocenters. The maximum Gasteiger partial charge on any atom is 0.115 e. The van der Waals surface area contributed by atoms with Gasteiger partial charge in [-0.3, -0.25) is 0 Å². The van der Waals surface area contributed by atoms with E-state index in [1.165, 1.54) is 5.56 Å². The lowest BCUT2D eigenvalue weighted by Gasteiger charge is -2.40. The topological polar surface area (TPSA) is 23.5 Å². The first-order valence-corrected chi connectivity index (χ1v) is 5.86. The van der Waals surface area contributed by atoms with Gasteiger partial charge in [0.25, 0.3) is 0 Å². The fraction of sp³-hybridized carbons (Fsp3) is 0.571. The molecule has 0 amide bonds. The van der Waals surface area contributed by atoms with Crippen molar-refractivity contribution < 1.29 is 5.11 Å². The average molecular weight is 221 g/mol. The lowest BCUT2D eigenvalue weighted by molar-refractivity contribution is 0.153. The minimum absolute atomic E-state index is 0.0859. The summed E-state index contributed by atoms with van der Waals surface area (Å²) in [6, 6.07) is 7.61. The number of rotatable bonds is 4. The summed E-state index contributed by atoms with van der Waals surface area (Å²) >= 11 is 0. The molecule has 16 heavy (non-hydrogen) atoms. The SMILES string of the molecule is CCC(c1cccc(O)c1)C(C)(C)N(C)C. The van der Waals surface area contributed by atoms with Crippen LogP contribution >= 0.6 is 0 Å². The number of hydrogen-bond donors (Lipinski definition) is 1. The standard InChI is InChI=1S/C14H23NO/c1-6-13(14(2,3)15(4)5)11-8-7-9-12(16)10-11/h7-10,13,16H,6H2,1-5H3. The van der Waals surface area contributed by atoms with E-state index in [2.05, 4.69) is 45.8 Å². The quantitative estimate of drug-likeness (QED) is 0.843. The van der Waals surface area contributed by atoms with Gasteiger partial charge >= 0.3 is 0 Å². The molecule has 1 rings (SSSR count). The number of phenolic OH excluding ortho intramolecular Hbond substituents is 1. The Labute approximate surface area is 98.9 Å². The number of nitrogens with zero attached hydrogens (tertiary/aromatic N) is 1. The van der Waals surface area contributed by atoms with Gasteiger partial charge in [-0.1, -0.05) is 19.1 Å². The molecular formula is C14H23NO. The minimum atomic E-state index is 0.0859. The Morgan fingerprint density at radius 3 is 2.38 bits per heavy atom. The molecule has 0 radical (unpaired) electrons. The first kappa shape index (κ1) is 13.0. The van der Waals surface area contributed by atoms with Crippen molar-refractivity contribution in [2.24, 2.45) is 0 Å². The van der Waals surface area contributed by atoms with Gasteiger partial charge in [0, 0.05) is 11.5 Å². The van der Waals surface area contributed by atoms with Crippen LogP contribution < -0.4 is 0 Å². The molecule has 0 heterocycles. The van der Waals surface area contributed by atoms with Crippen LogP contribution in [0.2, 0.25) is 0 Å². The van der Waals surface area contributed by atoms with E-state index in [4.69, 9.17) is 0 Å². The van der Waals surface area contributed by atoms with E-state index < -0.39 is 0 Å². The molecule has 2 nitrogen and oxygen atoms in total. The second-order valence-electron chi connectivity index (χ2n) is 5.10. The van der Waals surface area contributed by atoms with Crippen LogP contribution in [0.4, 0.5) is 0 Å². The van der Waals surface area contributed by atoms with Crippen LogP contribution in [0.5, 0.6) is 5.75 Å². The molecule has 1 N–H and O–H groups in total. The van der Waals surface area contributed by atoms with Crippen molar-refractivity contribution in [2.45, 2.75) is 38.6 Å². The number of benzene rings is 1. The van der Waals surface area contributed by atoms with E-state index in [1.807, 2.05) is 12.1 Å². The highest BCUT2D eigenvalue weighted by molar-refractivity contribution is 5.31. The predicted molar refractivity (Wildman–Crippen MR) is 68.9 cm³/mol. The highest BCUT2D eigenvalue weighted by atomic mass is 16.3. The first-order valence-electron chi connectivity index (χ1n) is 5.86. The van der Waals surface area contributed by atoms with E-state index in [0.717, 1.165) is 6.42 Å². The summed E-state index contributed by atoms with van der Waals surface area (Å²) in [6.45, 7) is 6.68. The van der Waals surface area contributed by atoms with Crippen LogP contribution in [0, 0.1) is 0 Å². The van der Waals surface area contributed by atoms with E-state index in [9.17, 15) is 5.11 Å². The van der Waals surface area contributed by atoms with Gasteiger partial charge in [-0.05, 0) is 52.1 Å². The predicted octanol–water partition coefficient (Wildman–Crippen LogP) is 3.23. The maximum absolute atomic E-state index is 9.55. The lowest BCUT2D eigenvalue weighted by Crippen LogP contribution is -2.43. The molecule has 0 fully saturated rings. The molecular weight excluding hydrogens is 198 g/mol. The number of aromatic hydroxyl groups is 1. The minimum Gasteiger partial charge on any atom is -0.508 e. The van der Waals surface area contributed by atoms with Crippen molar-refractivity contribution in [3.05, 3.63) is 29.8 Å². The highest BCUT2D eigenvalue weighted by Crippen LogP contribution is 2.35. The molecule has 1 aromatic rings. The summed E-state index contributed by atoms with van der Waals surface area (Å²) in [7, 11) is 4.21. The van der Waals surface area contributed by atoms with Crippen LogP contribution in [0.25, 0.3) is 0 Å². The summed E-state index contributed by atoms with van der Waals surface area (Å²) in [5, 5.41) is 9.55. The fourth-order valence-corrected chi connectivity index (χ4v) is 2.20. The van der Waals surface area contributed by atoms with Crippen LogP contribution in [0.1, 0.15) is 38.7 Å². The van der Waals surface area contributed by atoms with Gasteiger partial charge in [-0.25, -0.2) is 0 Å². The summed E-state index contributed by atoms with van der Waals surface area (Å²) in [5.41, 5.74) is 1.30. The van der Waals surface area contributed by atoms with Crippen LogP contribution in [0.15, 0.2) is 24.3 Å². The molecule has 0 aromatic heterocycles. The lowest BCUT2D eigenvalue weighted by atomic mass is 9.79. The van der Waals surface area contributed by atoms with E-state index in [1.54, 1.807) is 6.07 Å². The third kappa shape index (κ3) is 2.56. The summed E-state index contributed by atoms with van der Waals surface area (Å²) in [6.07, 6.45) is 1.06. The Balaban J connectivity index is 3.08. The molecule has 0 aliphatic rings. The van der Waals surface area contributed by atoms with Crippen LogP contribution in [-0.4, -0.2) is 29.6 Å². The largest absolute Gasteiger partial charge is 0.508 e. The Morgan fingerprint density at radius 1 is 1.31 bits per heavy atom. The van der Waals surface area contributed by atoms with Crippen LogP contribution in [-0.2, 0) is 0 Å². The smallest absolute Gasteiger partial charge is 0.115 e. The van der Waals surface area contributed by atoms with Gasteiger partial charge in [-0.15, -0.1) is 0 Å². The molecule has 0 saturated carbocycles. The van der Waals surface area contributed by atoms with Crippen molar-refractivity contribution in [3.63, 3.8) is 0 Å². The zero-order valence-electron chi connectivity index (χ0n) is 11.0. The molecule has 2 heteroatoms. The van der Waals surface area contributed by atoms with Gasteiger partial charge in [0.05, 0.1) is 0 Å². The Bertz CT molecular complexity index is 344. The van der Waals surface area contributed by atoms with Crippen molar-refractivity contribution >= 4 is 0 Å². The molecule has 0 bridgehead atoms. The first-order chi connectivity index (χ1) is 7.39. The van der Waals surface area contributed by atoms with E-state index in [-0.39, 0.29) is 5.54 Å². The summed E-state index contributed by atoms with van der Waals surface area (Å²) in [4.78, 5) is 2.24. The van der Waals surface area contributed by atoms with Crippen LogP contribution in [0.3, 0.4) is 0 Å². The highest BCUT2D eigenvalue weighted by Gasteiger charge is 2.31. The third-order valence-electron chi connectivity index (χ3n) is 3.69. The van der Waals surface area contributed by atoms with Crippen molar-refractivity contribution in [2.75, 3.05) is 14.1 Å². The van der Waals surface area contributed by atoms with Crippen molar-refractivity contribution in [1.82, 2.24) is 4.90 Å². The zero-order chi connectivity index (χ0) is 12.3. The summed E-state index contributed by atoms with van der Waals surface area (Å²) < 4.78 is 0. The Hall–Kier alpha value is -1.02. The molecule has 0 saturated heterocycles. The number of phenols is 1. The van der Waals surface area contributed by atoms with Crippen molar-refractivity contribution in [1.29, 1.82) is 0 Å². The normalized spacial score (nSPS) is 14.1. The molecule has 0 aliphatic carbocycles. The third-order valence-corrected chi connectivity index (χ3v) is 3.69. The molecule has 0 spiro atoms. The Morgan fingerprint density at radius 2 is 1.94 bits per heavy atom. The fourth-order valence-electron chi connectivity index (χ4n) is 2.20. The second-order valence-corrected chi connectivity index (χ2v) is 5.10. The maximum atomic E-state index is 9.55. The second kappa shape index (κ2) is 4.88. The van der Waals surface area contributed by atoms with Gasteiger partial charge in [-0.2, -0.15) is 0 Å². The molecule has 0 aliphatic heterocycles. The van der Waals surface area contributed by atoms with Gasteiger partial charge in [0.1, 0.15) is 5.75 Å². The van der Waals surface area contributed by atoms with Gasteiger partial charge < -0.3 is 10.0 Å². The molecule has 1 atom stereocenters. The molecule has 1 aromatic carbocycles. The average Bonchev–Trinajstić information content (AvgIpc) is 2.18.